The number of benzene rings is 1. The molecule has 4 heterocycles. The van der Waals surface area contributed by atoms with Crippen molar-refractivity contribution in [2.45, 2.75) is 71.1 Å². The molecule has 1 aliphatic heterocycles. The predicted molar refractivity (Wildman–Crippen MR) is 144 cm³/mol. The average Bonchev–Trinajstić information content (AvgIpc) is 3.70. The molecule has 5 rings (SSSR count). The van der Waals surface area contributed by atoms with Crippen molar-refractivity contribution in [3.63, 3.8) is 0 Å². The zero-order valence-electron chi connectivity index (χ0n) is 23.5. The second kappa shape index (κ2) is 12.2. The first-order valence-corrected chi connectivity index (χ1v) is 13.6. The van der Waals surface area contributed by atoms with Crippen molar-refractivity contribution in [3.8, 4) is 11.5 Å². The number of ether oxygens (including phenoxy) is 2. The monoisotopic (exact) mass is 598 g/mol. The molecule has 4 aromatic rings. The molecule has 226 valence electrons. The number of hydrogen-bond donors (Lipinski definition) is 1. The zero-order chi connectivity index (χ0) is 30.6. The summed E-state index contributed by atoms with van der Waals surface area (Å²) >= 11 is 0. The quantitative estimate of drug-likeness (QED) is 0.189. The van der Waals surface area contributed by atoms with E-state index in [1.54, 1.807) is 10.9 Å². The van der Waals surface area contributed by atoms with Gasteiger partial charge in [0.1, 0.15) is 5.69 Å². The van der Waals surface area contributed by atoms with E-state index in [9.17, 15) is 22.8 Å². The van der Waals surface area contributed by atoms with Crippen LogP contribution in [-0.2, 0) is 32.2 Å². The lowest BCUT2D eigenvalue weighted by Crippen LogP contribution is -2.29. The van der Waals surface area contributed by atoms with Gasteiger partial charge in [0.15, 0.2) is 23.0 Å². The topological polar surface area (TPSA) is 139 Å². The SMILES string of the molecule is CC1(C)Oc2ccc(CCC(=O)c3cn(CCCCn4cc(C(=O)NCc5cncc(C(F)(F)F)c5)nn4)nn3)cc2O1. The van der Waals surface area contributed by atoms with E-state index in [0.717, 1.165) is 17.8 Å². The smallest absolute Gasteiger partial charge is 0.417 e. The van der Waals surface area contributed by atoms with Crippen LogP contribution in [0.1, 0.15) is 70.8 Å². The van der Waals surface area contributed by atoms with Crippen LogP contribution in [0.3, 0.4) is 0 Å². The summed E-state index contributed by atoms with van der Waals surface area (Å²) in [4.78, 5) is 28.6. The van der Waals surface area contributed by atoms with Crippen LogP contribution in [0.5, 0.6) is 11.5 Å². The van der Waals surface area contributed by atoms with Crippen molar-refractivity contribution in [2.75, 3.05) is 0 Å². The van der Waals surface area contributed by atoms with Crippen LogP contribution >= 0.6 is 0 Å². The molecule has 0 unspecified atom stereocenters. The minimum Gasteiger partial charge on any atom is -0.449 e. The van der Waals surface area contributed by atoms with E-state index in [0.29, 0.717) is 49.5 Å². The van der Waals surface area contributed by atoms with Crippen LogP contribution in [0.15, 0.2) is 49.1 Å². The van der Waals surface area contributed by atoms with Gasteiger partial charge in [0.2, 0.25) is 5.79 Å². The first kappa shape index (κ1) is 29.7. The van der Waals surface area contributed by atoms with Crippen LogP contribution in [-0.4, -0.2) is 52.4 Å². The summed E-state index contributed by atoms with van der Waals surface area (Å²) in [7, 11) is 0. The number of carbonyl (C=O) groups excluding carboxylic acids is 2. The van der Waals surface area contributed by atoms with Crippen molar-refractivity contribution in [3.05, 3.63) is 77.1 Å². The lowest BCUT2D eigenvalue weighted by Gasteiger charge is -2.16. The standard InChI is InChI=1S/C28H29F3N8O4/c1-27(2)42-24-8-6-18(12-25(24)43-27)5-7-23(40)21-16-38(36-34-21)9-3-4-10-39-17-22(35-37-39)26(41)33-14-19-11-20(15-32-13-19)28(29,30)31/h6,8,11-13,15-17H,3-5,7,9-10,14H2,1-2H3,(H,33,41). The number of fused-ring (bicyclic) bond motifs is 1. The van der Waals surface area contributed by atoms with E-state index >= 15 is 0 Å². The maximum atomic E-state index is 12.8. The number of nitrogens with one attached hydrogen (secondary N) is 1. The minimum atomic E-state index is -4.52. The Morgan fingerprint density at radius 2 is 1.58 bits per heavy atom. The minimum absolute atomic E-state index is 0.0453. The molecule has 3 aromatic heterocycles. The van der Waals surface area contributed by atoms with Gasteiger partial charge in [-0.2, -0.15) is 13.2 Å². The fourth-order valence-electron chi connectivity index (χ4n) is 4.42. The van der Waals surface area contributed by atoms with E-state index in [2.05, 4.69) is 30.9 Å². The highest BCUT2D eigenvalue weighted by Crippen LogP contribution is 2.39. The molecule has 0 saturated heterocycles. The Morgan fingerprint density at radius 3 is 2.30 bits per heavy atom. The molecular formula is C28H29F3N8O4. The van der Waals surface area contributed by atoms with Gasteiger partial charge in [0.05, 0.1) is 18.0 Å². The number of carbonyl (C=O) groups is 2. The molecule has 0 saturated carbocycles. The highest BCUT2D eigenvalue weighted by molar-refractivity contribution is 5.94. The lowest BCUT2D eigenvalue weighted by atomic mass is 10.1. The number of amides is 1. The first-order chi connectivity index (χ1) is 20.4. The Balaban J connectivity index is 1.02. The van der Waals surface area contributed by atoms with Crippen molar-refractivity contribution in [1.29, 1.82) is 0 Å². The van der Waals surface area contributed by atoms with Crippen LogP contribution < -0.4 is 14.8 Å². The van der Waals surface area contributed by atoms with E-state index in [1.807, 2.05) is 32.0 Å². The number of aryl methyl sites for hydroxylation is 3. The molecule has 43 heavy (non-hydrogen) atoms. The fourth-order valence-corrected chi connectivity index (χ4v) is 4.42. The Hall–Kier alpha value is -4.82. The zero-order valence-corrected chi connectivity index (χ0v) is 23.5. The van der Waals surface area contributed by atoms with Gasteiger partial charge in [-0.3, -0.25) is 23.9 Å². The highest BCUT2D eigenvalue weighted by Gasteiger charge is 2.32. The van der Waals surface area contributed by atoms with Gasteiger partial charge in [-0.25, -0.2) is 0 Å². The van der Waals surface area contributed by atoms with Crippen molar-refractivity contribution in [1.82, 2.24) is 40.3 Å². The summed E-state index contributed by atoms with van der Waals surface area (Å²) in [5.41, 5.74) is 0.629. The number of hydrogen-bond acceptors (Lipinski definition) is 9. The third kappa shape index (κ3) is 7.72. The molecule has 0 atom stereocenters. The number of nitrogens with zero attached hydrogens (tertiary/aromatic N) is 7. The molecule has 1 aromatic carbocycles. The number of Topliss-reactive ketones (excluding diaryl/α,β-unsaturated/α-hetero) is 1. The number of aromatic nitrogens is 7. The lowest BCUT2D eigenvalue weighted by molar-refractivity contribution is -0.137. The van der Waals surface area contributed by atoms with Gasteiger partial charge < -0.3 is 14.8 Å². The van der Waals surface area contributed by atoms with Gasteiger partial charge in [0.25, 0.3) is 5.91 Å². The van der Waals surface area contributed by atoms with Gasteiger partial charge in [-0.1, -0.05) is 16.5 Å². The van der Waals surface area contributed by atoms with Gasteiger partial charge in [-0.05, 0) is 48.6 Å². The number of ketones is 1. The summed E-state index contributed by atoms with van der Waals surface area (Å²) in [5.74, 6) is -0.0299. The number of alkyl halides is 3. The number of pyridine rings is 1. The molecule has 15 heteroatoms. The second-order valence-electron chi connectivity index (χ2n) is 10.5. The highest BCUT2D eigenvalue weighted by atomic mass is 19.4. The van der Waals surface area contributed by atoms with E-state index in [-0.39, 0.29) is 30.0 Å². The molecule has 0 fully saturated rings. The molecule has 0 radical (unpaired) electrons. The Morgan fingerprint density at radius 1 is 0.907 bits per heavy atom. The Labute approximate surface area is 244 Å². The third-order valence-corrected chi connectivity index (χ3v) is 6.56. The summed E-state index contributed by atoms with van der Waals surface area (Å²) in [5, 5.41) is 18.3. The fraction of sp³-hybridized carbons (Fsp3) is 0.393. The Bertz CT molecular complexity index is 1620. The van der Waals surface area contributed by atoms with Gasteiger partial charge >= 0.3 is 6.18 Å². The molecule has 0 spiro atoms. The van der Waals surface area contributed by atoms with E-state index in [1.165, 1.54) is 17.1 Å². The second-order valence-corrected chi connectivity index (χ2v) is 10.5. The molecule has 12 nitrogen and oxygen atoms in total. The largest absolute Gasteiger partial charge is 0.449 e. The molecule has 1 N–H and O–H groups in total. The number of rotatable bonds is 12. The number of halogens is 3. The maximum absolute atomic E-state index is 12.8. The average molecular weight is 599 g/mol. The van der Waals surface area contributed by atoms with Crippen molar-refractivity contribution < 1.29 is 32.2 Å². The van der Waals surface area contributed by atoms with Crippen LogP contribution in [0.25, 0.3) is 0 Å². The summed E-state index contributed by atoms with van der Waals surface area (Å²) in [6, 6.07) is 6.57. The van der Waals surface area contributed by atoms with Crippen LogP contribution in [0.2, 0.25) is 0 Å². The molecule has 0 bridgehead atoms. The number of unbranched alkanes of at least 4 members (excludes halogenated alkanes) is 1. The van der Waals surface area contributed by atoms with E-state index in [4.69, 9.17) is 9.47 Å². The molecular weight excluding hydrogens is 569 g/mol. The third-order valence-electron chi connectivity index (χ3n) is 6.56. The molecule has 1 aliphatic rings. The van der Waals surface area contributed by atoms with E-state index < -0.39 is 23.4 Å². The normalized spacial score (nSPS) is 13.7. The maximum Gasteiger partial charge on any atom is 0.417 e. The van der Waals surface area contributed by atoms with Crippen molar-refractivity contribution >= 4 is 11.7 Å². The van der Waals surface area contributed by atoms with Gasteiger partial charge in [-0.15, -0.1) is 10.2 Å². The van der Waals surface area contributed by atoms with Crippen LogP contribution in [0, 0.1) is 0 Å². The molecule has 0 aliphatic carbocycles. The summed E-state index contributed by atoms with van der Waals surface area (Å²) in [6.07, 6.45) is 2.75. The molecule has 1 amide bonds. The predicted octanol–water partition coefficient (Wildman–Crippen LogP) is 4.02. The summed E-state index contributed by atoms with van der Waals surface area (Å²) in [6.45, 7) is 4.54. The first-order valence-electron chi connectivity index (χ1n) is 13.6. The summed E-state index contributed by atoms with van der Waals surface area (Å²) < 4.78 is 53.1. The van der Waals surface area contributed by atoms with Crippen molar-refractivity contribution in [2.24, 2.45) is 0 Å². The van der Waals surface area contributed by atoms with Crippen LogP contribution in [0.4, 0.5) is 13.2 Å². The van der Waals surface area contributed by atoms with Gasteiger partial charge in [0, 0.05) is 52.3 Å². The Kier molecular flexibility index (Phi) is 8.41.